The van der Waals surface area contributed by atoms with Crippen LogP contribution in [0.1, 0.15) is 16.8 Å². The number of rotatable bonds is 3. The fraction of sp³-hybridized carbons (Fsp3) is 0.455. The third-order valence-electron chi connectivity index (χ3n) is 2.53. The van der Waals surface area contributed by atoms with Gasteiger partial charge in [0.15, 0.2) is 0 Å². The van der Waals surface area contributed by atoms with E-state index in [2.05, 4.69) is 10.3 Å². The van der Waals surface area contributed by atoms with Gasteiger partial charge in [-0.1, -0.05) is 0 Å². The van der Waals surface area contributed by atoms with Crippen LogP contribution in [0.3, 0.4) is 0 Å². The Hall–Kier alpha value is -1.42. The first-order chi connectivity index (χ1) is 7.36. The van der Waals surface area contributed by atoms with Crippen molar-refractivity contribution in [2.24, 2.45) is 5.92 Å². The molecule has 1 saturated heterocycles. The maximum Gasteiger partial charge on any atom is 0.338 e. The fourth-order valence-corrected chi connectivity index (χ4v) is 1.62. The molecule has 1 aromatic heterocycles. The highest BCUT2D eigenvalue weighted by Gasteiger charge is 2.16. The van der Waals surface area contributed by atoms with Crippen LogP contribution in [-0.4, -0.2) is 30.6 Å². The highest BCUT2D eigenvalue weighted by Crippen LogP contribution is 2.09. The Labute approximate surface area is 88.7 Å². The first-order valence-electron chi connectivity index (χ1n) is 5.14. The summed E-state index contributed by atoms with van der Waals surface area (Å²) in [5, 5.41) is 3.23. The van der Waals surface area contributed by atoms with Crippen LogP contribution in [0.25, 0.3) is 0 Å². The van der Waals surface area contributed by atoms with E-state index in [1.165, 1.54) is 0 Å². The van der Waals surface area contributed by atoms with Crippen LogP contribution in [0.4, 0.5) is 0 Å². The van der Waals surface area contributed by atoms with Gasteiger partial charge in [-0.3, -0.25) is 4.98 Å². The van der Waals surface area contributed by atoms with E-state index in [1.807, 2.05) is 0 Å². The zero-order chi connectivity index (χ0) is 10.5. The smallest absolute Gasteiger partial charge is 0.338 e. The summed E-state index contributed by atoms with van der Waals surface area (Å²) in [6.45, 7) is 2.48. The molecule has 0 spiro atoms. The van der Waals surface area contributed by atoms with Crippen LogP contribution in [0.5, 0.6) is 0 Å². The number of esters is 1. The van der Waals surface area contributed by atoms with Crippen LogP contribution in [0, 0.1) is 5.92 Å². The lowest BCUT2D eigenvalue weighted by molar-refractivity contribution is 0.0450. The molecular weight excluding hydrogens is 192 g/mol. The minimum absolute atomic E-state index is 0.260. The van der Waals surface area contributed by atoms with Crippen LogP contribution >= 0.6 is 0 Å². The number of ether oxygens (including phenoxy) is 1. The molecule has 1 aromatic rings. The van der Waals surface area contributed by atoms with Gasteiger partial charge in [-0.05, 0) is 25.1 Å². The Morgan fingerprint density at radius 1 is 1.53 bits per heavy atom. The number of aromatic nitrogens is 1. The van der Waals surface area contributed by atoms with Crippen molar-refractivity contribution >= 4 is 5.97 Å². The predicted octanol–water partition coefficient (Wildman–Crippen LogP) is 0.848. The molecule has 0 saturated carbocycles. The molecule has 0 aromatic carbocycles. The minimum atomic E-state index is -0.260. The Balaban J connectivity index is 1.82. The quantitative estimate of drug-likeness (QED) is 0.745. The maximum atomic E-state index is 11.5. The van der Waals surface area contributed by atoms with E-state index in [9.17, 15) is 4.79 Å². The molecule has 0 bridgehead atoms. The predicted molar refractivity (Wildman–Crippen MR) is 55.5 cm³/mol. The van der Waals surface area contributed by atoms with E-state index < -0.39 is 0 Å². The second-order valence-electron chi connectivity index (χ2n) is 3.69. The third-order valence-corrected chi connectivity index (χ3v) is 2.53. The van der Waals surface area contributed by atoms with Gasteiger partial charge >= 0.3 is 5.97 Å². The topological polar surface area (TPSA) is 51.2 Å². The lowest BCUT2D eigenvalue weighted by Crippen LogP contribution is -2.16. The average molecular weight is 206 g/mol. The van der Waals surface area contributed by atoms with Crippen LogP contribution < -0.4 is 5.32 Å². The molecule has 80 valence electrons. The maximum absolute atomic E-state index is 11.5. The highest BCUT2D eigenvalue weighted by molar-refractivity contribution is 5.89. The summed E-state index contributed by atoms with van der Waals surface area (Å²) in [6, 6.07) is 3.32. The summed E-state index contributed by atoms with van der Waals surface area (Å²) < 4.78 is 5.21. The molecule has 1 aliphatic heterocycles. The van der Waals surface area contributed by atoms with Crippen molar-refractivity contribution in [3.8, 4) is 0 Å². The van der Waals surface area contributed by atoms with Crippen molar-refractivity contribution in [1.29, 1.82) is 0 Å². The average Bonchev–Trinajstić information content (AvgIpc) is 2.80. The molecule has 2 heterocycles. The van der Waals surface area contributed by atoms with Gasteiger partial charge < -0.3 is 10.1 Å². The van der Waals surface area contributed by atoms with Crippen molar-refractivity contribution in [2.75, 3.05) is 19.7 Å². The van der Waals surface area contributed by atoms with E-state index in [0.29, 0.717) is 18.1 Å². The summed E-state index contributed by atoms with van der Waals surface area (Å²) in [4.78, 5) is 15.4. The van der Waals surface area contributed by atoms with Crippen molar-refractivity contribution < 1.29 is 9.53 Å². The van der Waals surface area contributed by atoms with Gasteiger partial charge in [-0.2, -0.15) is 0 Å². The van der Waals surface area contributed by atoms with Crippen molar-refractivity contribution in [1.82, 2.24) is 10.3 Å². The molecule has 1 unspecified atom stereocenters. The number of pyridine rings is 1. The van der Waals surface area contributed by atoms with Crippen molar-refractivity contribution in [3.05, 3.63) is 30.1 Å². The summed E-state index contributed by atoms with van der Waals surface area (Å²) in [5.74, 6) is 0.208. The SMILES string of the molecule is O=C(OCC1CCNC1)c1ccncc1. The molecule has 0 aliphatic carbocycles. The number of nitrogens with one attached hydrogen (secondary N) is 1. The largest absolute Gasteiger partial charge is 0.462 e. The summed E-state index contributed by atoms with van der Waals surface area (Å²) >= 11 is 0. The number of nitrogens with zero attached hydrogens (tertiary/aromatic N) is 1. The molecule has 4 heteroatoms. The number of carbonyl (C=O) groups excluding carboxylic acids is 1. The van der Waals surface area contributed by atoms with Crippen molar-refractivity contribution in [2.45, 2.75) is 6.42 Å². The van der Waals surface area contributed by atoms with Gasteiger partial charge in [0.2, 0.25) is 0 Å². The van der Waals surface area contributed by atoms with E-state index in [4.69, 9.17) is 4.74 Å². The van der Waals surface area contributed by atoms with Crippen LogP contribution in [-0.2, 0) is 4.74 Å². The molecule has 0 radical (unpaired) electrons. The molecular formula is C11H14N2O2. The van der Waals surface area contributed by atoms with Gasteiger partial charge in [-0.15, -0.1) is 0 Å². The van der Waals surface area contributed by atoms with E-state index in [-0.39, 0.29) is 5.97 Å². The van der Waals surface area contributed by atoms with Gasteiger partial charge in [0.1, 0.15) is 0 Å². The Bertz CT molecular complexity index is 321. The Morgan fingerprint density at radius 3 is 3.00 bits per heavy atom. The first-order valence-corrected chi connectivity index (χ1v) is 5.14. The number of hydrogen-bond acceptors (Lipinski definition) is 4. The molecule has 1 N–H and O–H groups in total. The monoisotopic (exact) mass is 206 g/mol. The van der Waals surface area contributed by atoms with Gasteiger partial charge in [0.25, 0.3) is 0 Å². The van der Waals surface area contributed by atoms with Crippen LogP contribution in [0.15, 0.2) is 24.5 Å². The van der Waals surface area contributed by atoms with Crippen molar-refractivity contribution in [3.63, 3.8) is 0 Å². The second-order valence-corrected chi connectivity index (χ2v) is 3.69. The Morgan fingerprint density at radius 2 is 2.33 bits per heavy atom. The standard InChI is InChI=1S/C11H14N2O2/c14-11(10-2-5-12-6-3-10)15-8-9-1-4-13-7-9/h2-3,5-6,9,13H,1,4,7-8H2. The zero-order valence-corrected chi connectivity index (χ0v) is 8.48. The van der Waals surface area contributed by atoms with Gasteiger partial charge in [0.05, 0.1) is 12.2 Å². The summed E-state index contributed by atoms with van der Waals surface area (Å²) in [5.41, 5.74) is 0.566. The Kier molecular flexibility index (Phi) is 3.29. The number of hydrogen-bond donors (Lipinski definition) is 1. The molecule has 15 heavy (non-hydrogen) atoms. The summed E-state index contributed by atoms with van der Waals surface area (Å²) in [6.07, 6.45) is 4.27. The first kappa shape index (κ1) is 10.1. The molecule has 4 nitrogen and oxygen atoms in total. The zero-order valence-electron chi connectivity index (χ0n) is 8.48. The van der Waals surface area contributed by atoms with Gasteiger partial charge in [0, 0.05) is 24.9 Å². The van der Waals surface area contributed by atoms with E-state index in [0.717, 1.165) is 19.5 Å². The molecule has 0 amide bonds. The highest BCUT2D eigenvalue weighted by atomic mass is 16.5. The summed E-state index contributed by atoms with van der Waals surface area (Å²) in [7, 11) is 0. The normalized spacial score (nSPS) is 20.1. The fourth-order valence-electron chi connectivity index (χ4n) is 1.62. The van der Waals surface area contributed by atoms with E-state index >= 15 is 0 Å². The minimum Gasteiger partial charge on any atom is -0.462 e. The van der Waals surface area contributed by atoms with Crippen LogP contribution in [0.2, 0.25) is 0 Å². The third kappa shape index (κ3) is 2.76. The second kappa shape index (κ2) is 4.89. The molecule has 1 atom stereocenters. The van der Waals surface area contributed by atoms with E-state index in [1.54, 1.807) is 24.5 Å². The molecule has 2 rings (SSSR count). The number of carbonyl (C=O) groups is 1. The lowest BCUT2D eigenvalue weighted by atomic mass is 10.1. The lowest BCUT2D eigenvalue weighted by Gasteiger charge is -2.08. The molecule has 1 aliphatic rings. The van der Waals surface area contributed by atoms with Gasteiger partial charge in [-0.25, -0.2) is 4.79 Å². The molecule has 1 fully saturated rings.